The highest BCUT2D eigenvalue weighted by Gasteiger charge is 2.23. The predicted molar refractivity (Wildman–Crippen MR) is 171 cm³/mol. The summed E-state index contributed by atoms with van der Waals surface area (Å²) >= 11 is 1.61. The summed E-state index contributed by atoms with van der Waals surface area (Å²) in [6.07, 6.45) is 6.37. The van der Waals surface area contributed by atoms with Crippen LogP contribution in [-0.4, -0.2) is 46.6 Å². The van der Waals surface area contributed by atoms with Gasteiger partial charge in [-0.05, 0) is 64.1 Å². The van der Waals surface area contributed by atoms with Crippen molar-refractivity contribution in [1.29, 1.82) is 0 Å². The van der Waals surface area contributed by atoms with Gasteiger partial charge in [-0.2, -0.15) is 11.8 Å². The molecule has 5 rings (SSSR count). The quantitative estimate of drug-likeness (QED) is 0.167. The van der Waals surface area contributed by atoms with Crippen LogP contribution >= 0.6 is 11.8 Å². The molecule has 214 valence electrons. The molecule has 7 nitrogen and oxygen atoms in total. The van der Waals surface area contributed by atoms with Gasteiger partial charge in [-0.3, -0.25) is 4.79 Å². The normalized spacial score (nSPS) is 11.7. The maximum absolute atomic E-state index is 13.4. The molecule has 0 aliphatic heterocycles. The summed E-state index contributed by atoms with van der Waals surface area (Å²) in [6, 6.07) is 29.5. The van der Waals surface area contributed by atoms with E-state index in [1.54, 1.807) is 17.8 Å². The van der Waals surface area contributed by atoms with Crippen LogP contribution in [0, 0.1) is 0 Å². The first kappa shape index (κ1) is 29.0. The van der Waals surface area contributed by atoms with E-state index < -0.39 is 12.0 Å². The number of hydrogen-bond acceptors (Lipinski definition) is 6. The van der Waals surface area contributed by atoms with E-state index in [9.17, 15) is 9.59 Å². The van der Waals surface area contributed by atoms with Crippen molar-refractivity contribution in [1.82, 2.24) is 14.9 Å². The molecule has 0 saturated heterocycles. The molecule has 1 heterocycles. The van der Waals surface area contributed by atoms with E-state index in [4.69, 9.17) is 4.74 Å². The van der Waals surface area contributed by atoms with Crippen LogP contribution in [0.25, 0.3) is 21.9 Å². The minimum atomic E-state index is -0.708. The number of hydrogen-bond donors (Lipinski definition) is 2. The number of nitrogens with zero attached hydrogens (tertiary/aromatic N) is 2. The number of esters is 1. The number of carbonyl (C=O) groups excluding carboxylic acids is 2. The van der Waals surface area contributed by atoms with Crippen LogP contribution in [0.15, 0.2) is 104 Å². The lowest BCUT2D eigenvalue weighted by molar-refractivity contribution is -0.142. The smallest absolute Gasteiger partial charge is 0.328 e. The molecule has 42 heavy (non-hydrogen) atoms. The molecule has 0 aliphatic rings. The summed E-state index contributed by atoms with van der Waals surface area (Å²) in [7, 11) is 1.34. The minimum absolute atomic E-state index is 0.316. The third-order valence-corrected chi connectivity index (χ3v) is 7.79. The molecule has 1 aromatic heterocycles. The van der Waals surface area contributed by atoms with E-state index in [1.165, 1.54) is 23.4 Å². The maximum Gasteiger partial charge on any atom is 0.328 e. The Morgan fingerprint density at radius 3 is 2.57 bits per heavy atom. The predicted octanol–water partition coefficient (Wildman–Crippen LogP) is 6.39. The van der Waals surface area contributed by atoms with Gasteiger partial charge in [0.05, 0.1) is 25.7 Å². The molecule has 0 unspecified atom stereocenters. The SMILES string of the molecule is COC(=O)[C@H](CCSC)NC(=O)c1ccc(NCc2cn(Cc3cccc4ccccc34)cn2)cc1-c1ccccc1. The van der Waals surface area contributed by atoms with Gasteiger partial charge >= 0.3 is 5.97 Å². The molecule has 4 aromatic carbocycles. The molecule has 2 N–H and O–H groups in total. The number of imidazole rings is 1. The topological polar surface area (TPSA) is 85.2 Å². The number of aromatic nitrogens is 2. The third kappa shape index (κ3) is 7.01. The number of rotatable bonds is 12. The van der Waals surface area contributed by atoms with Crippen molar-refractivity contribution < 1.29 is 14.3 Å². The van der Waals surface area contributed by atoms with Crippen molar-refractivity contribution in [3.05, 3.63) is 120 Å². The lowest BCUT2D eigenvalue weighted by Crippen LogP contribution is -2.42. The molecule has 0 spiro atoms. The van der Waals surface area contributed by atoms with E-state index in [0.717, 1.165) is 34.8 Å². The number of fused-ring (bicyclic) bond motifs is 1. The Morgan fingerprint density at radius 2 is 1.76 bits per heavy atom. The highest BCUT2D eigenvalue weighted by Crippen LogP contribution is 2.28. The molecule has 0 aliphatic carbocycles. The molecule has 0 saturated carbocycles. The van der Waals surface area contributed by atoms with Gasteiger partial charge in [0, 0.05) is 24.0 Å². The van der Waals surface area contributed by atoms with E-state index in [2.05, 4.69) is 68.8 Å². The van der Waals surface area contributed by atoms with Crippen molar-refractivity contribution in [2.24, 2.45) is 0 Å². The molecule has 0 fully saturated rings. The van der Waals surface area contributed by atoms with E-state index in [0.29, 0.717) is 18.5 Å². The van der Waals surface area contributed by atoms with Crippen LogP contribution in [0.3, 0.4) is 0 Å². The molecule has 0 radical (unpaired) electrons. The summed E-state index contributed by atoms with van der Waals surface area (Å²) < 4.78 is 7.02. The van der Waals surface area contributed by atoms with Crippen molar-refractivity contribution in [2.45, 2.75) is 25.6 Å². The van der Waals surface area contributed by atoms with Gasteiger partial charge in [-0.1, -0.05) is 72.8 Å². The number of benzene rings is 4. The zero-order chi connectivity index (χ0) is 29.3. The molecular weight excluding hydrogens is 544 g/mol. The third-order valence-electron chi connectivity index (χ3n) is 7.14. The van der Waals surface area contributed by atoms with Gasteiger partial charge in [0.15, 0.2) is 0 Å². The number of methoxy groups -OCH3 is 1. The average molecular weight is 579 g/mol. The summed E-state index contributed by atoms with van der Waals surface area (Å²) in [5, 5.41) is 8.81. The Kier molecular flexibility index (Phi) is 9.56. The number of thioether (sulfide) groups is 1. The van der Waals surface area contributed by atoms with Crippen LogP contribution in [0.2, 0.25) is 0 Å². The second-order valence-corrected chi connectivity index (χ2v) is 11.0. The summed E-state index contributed by atoms with van der Waals surface area (Å²) in [5.41, 5.74) is 5.19. The van der Waals surface area contributed by atoms with Crippen molar-refractivity contribution >= 4 is 40.1 Å². The lowest BCUT2D eigenvalue weighted by atomic mass is 9.98. The zero-order valence-corrected chi connectivity index (χ0v) is 24.6. The number of anilines is 1. The van der Waals surface area contributed by atoms with Crippen LogP contribution in [0.1, 0.15) is 28.0 Å². The number of carbonyl (C=O) groups is 2. The Balaban J connectivity index is 1.32. The molecule has 1 atom stereocenters. The number of amides is 1. The standard InChI is InChI=1S/C34H34N4O3S/c1-41-34(40)32(17-18-42-2)37-33(39)30-16-15-27(19-31(30)25-9-4-3-5-10-25)35-20-28-22-38(23-36-28)21-26-13-8-12-24-11-6-7-14-29(24)26/h3-16,19,22-23,32,35H,17-18,20-21H2,1-2H3,(H,37,39)/t32-/m0/s1. The molecule has 0 bridgehead atoms. The summed E-state index contributed by atoms with van der Waals surface area (Å²) in [6.45, 7) is 1.27. The van der Waals surface area contributed by atoms with Gasteiger partial charge in [-0.25, -0.2) is 9.78 Å². The first-order valence-electron chi connectivity index (χ1n) is 13.8. The first-order chi connectivity index (χ1) is 20.6. The van der Waals surface area contributed by atoms with Crippen LogP contribution in [0.5, 0.6) is 0 Å². The van der Waals surface area contributed by atoms with Gasteiger partial charge in [0.1, 0.15) is 6.04 Å². The number of ether oxygens (including phenoxy) is 1. The largest absolute Gasteiger partial charge is 0.467 e. The van der Waals surface area contributed by atoms with Crippen molar-refractivity contribution in [2.75, 3.05) is 24.4 Å². The Morgan fingerprint density at radius 1 is 0.976 bits per heavy atom. The first-order valence-corrected chi connectivity index (χ1v) is 15.2. The lowest BCUT2D eigenvalue weighted by Gasteiger charge is -2.18. The molecule has 8 heteroatoms. The number of nitrogens with one attached hydrogen (secondary N) is 2. The highest BCUT2D eigenvalue weighted by molar-refractivity contribution is 7.98. The maximum atomic E-state index is 13.4. The zero-order valence-electron chi connectivity index (χ0n) is 23.7. The second-order valence-electron chi connectivity index (χ2n) is 9.99. The second kappa shape index (κ2) is 13.9. The average Bonchev–Trinajstić information content (AvgIpc) is 3.49. The van der Waals surface area contributed by atoms with E-state index >= 15 is 0 Å². The molecule has 1 amide bonds. The van der Waals surface area contributed by atoms with Gasteiger partial charge in [0.2, 0.25) is 0 Å². The Labute approximate surface area is 250 Å². The van der Waals surface area contributed by atoms with Crippen molar-refractivity contribution in [3.63, 3.8) is 0 Å². The minimum Gasteiger partial charge on any atom is -0.467 e. The summed E-state index contributed by atoms with van der Waals surface area (Å²) in [4.78, 5) is 30.3. The fourth-order valence-electron chi connectivity index (χ4n) is 4.98. The van der Waals surface area contributed by atoms with Crippen LogP contribution in [-0.2, 0) is 22.6 Å². The van der Waals surface area contributed by atoms with E-state index in [-0.39, 0.29) is 5.91 Å². The molecule has 5 aromatic rings. The van der Waals surface area contributed by atoms with Crippen molar-refractivity contribution in [3.8, 4) is 11.1 Å². The highest BCUT2D eigenvalue weighted by atomic mass is 32.2. The van der Waals surface area contributed by atoms with Gasteiger partial charge < -0.3 is 19.9 Å². The van der Waals surface area contributed by atoms with Gasteiger partial charge in [0.25, 0.3) is 5.91 Å². The van der Waals surface area contributed by atoms with Gasteiger partial charge in [-0.15, -0.1) is 0 Å². The Bertz CT molecular complexity index is 1660. The van der Waals surface area contributed by atoms with Crippen LogP contribution < -0.4 is 10.6 Å². The van der Waals surface area contributed by atoms with E-state index in [1.807, 2.05) is 55.0 Å². The fourth-order valence-corrected chi connectivity index (χ4v) is 5.45. The molecular formula is C34H34N4O3S. The monoisotopic (exact) mass is 578 g/mol. The Hall–Kier alpha value is -4.56. The fraction of sp³-hybridized carbons (Fsp3) is 0.206. The van der Waals surface area contributed by atoms with Crippen LogP contribution in [0.4, 0.5) is 5.69 Å². The summed E-state index contributed by atoms with van der Waals surface area (Å²) in [5.74, 6) is -0.0347.